The van der Waals surface area contributed by atoms with Gasteiger partial charge in [0.05, 0.1) is 0 Å². The Hall–Kier alpha value is -3.11. The summed E-state index contributed by atoms with van der Waals surface area (Å²) in [6, 6.07) is 13.0. The molecule has 0 amide bonds. The van der Waals surface area contributed by atoms with Crippen LogP contribution in [0.2, 0.25) is 0 Å². The Balaban J connectivity index is -0.000000443. The molecular formula is C45H81N3O. The molecule has 0 spiro atoms. The Bertz CT molecular complexity index is 1200. The molecule has 0 atom stereocenters. The largest absolute Gasteiger partial charge is 0.456 e. The zero-order chi connectivity index (χ0) is 38.5. The lowest BCUT2D eigenvalue weighted by atomic mass is 9.93. The first-order valence-corrected chi connectivity index (χ1v) is 19.5. The van der Waals surface area contributed by atoms with E-state index < -0.39 is 0 Å². The lowest BCUT2D eigenvalue weighted by Crippen LogP contribution is -2.23. The summed E-state index contributed by atoms with van der Waals surface area (Å²) in [5.74, 6) is 1.80. The van der Waals surface area contributed by atoms with E-state index in [-0.39, 0.29) is 0 Å². The van der Waals surface area contributed by atoms with Crippen LogP contribution < -0.4 is 25.8 Å². The number of unbranched alkanes of at least 4 members (excludes halogenated alkanes) is 3. The number of benzene rings is 2. The Morgan fingerprint density at radius 3 is 1.69 bits per heavy atom. The molecule has 0 saturated carbocycles. The lowest BCUT2D eigenvalue weighted by molar-refractivity contribution is 0.471. The van der Waals surface area contributed by atoms with E-state index >= 15 is 0 Å². The standard InChI is InChI=1S/C27H32N2O.C5H12.4C3H8.CH5N/c1-6-10-11-21-12-14-23-25(17-21)30-26-18-22(29(8-3)9-4)13-15-24(26)27(23)20(5)19-28-16-7-2;1-3-5-4-2;4*1-3-2;1-2/h7,11-19H,2,6,8-10H2,1,3-5H3;3-5H2,1-2H3;4*3H2,1-2H3;2H2,1H3/b20-19+,21-11-,28-16?;;;;;;. The molecule has 0 aliphatic carbocycles. The number of hydrogen-bond donors (Lipinski definition) is 1. The van der Waals surface area contributed by atoms with Crippen LogP contribution in [0.15, 0.2) is 65.8 Å². The van der Waals surface area contributed by atoms with E-state index in [4.69, 9.17) is 4.74 Å². The smallest absolute Gasteiger partial charge is 0.137 e. The second-order valence-corrected chi connectivity index (χ2v) is 11.6. The first-order valence-electron chi connectivity index (χ1n) is 19.5. The summed E-state index contributed by atoms with van der Waals surface area (Å²) in [5.41, 5.74) is 9.05. The van der Waals surface area contributed by atoms with E-state index in [0.29, 0.717) is 0 Å². The first kappa shape index (κ1) is 52.7. The van der Waals surface area contributed by atoms with Gasteiger partial charge in [0.1, 0.15) is 11.5 Å². The maximum atomic E-state index is 6.43. The molecule has 0 saturated heterocycles. The van der Waals surface area contributed by atoms with Crippen molar-refractivity contribution in [3.05, 3.63) is 76.8 Å². The highest BCUT2D eigenvalue weighted by Crippen LogP contribution is 2.38. The van der Waals surface area contributed by atoms with Crippen LogP contribution in [0.5, 0.6) is 11.5 Å². The van der Waals surface area contributed by atoms with Gasteiger partial charge in [-0.2, -0.15) is 0 Å². The van der Waals surface area contributed by atoms with Crippen molar-refractivity contribution in [3.63, 3.8) is 0 Å². The molecule has 1 aliphatic heterocycles. The summed E-state index contributed by atoms with van der Waals surface area (Å²) >= 11 is 0. The summed E-state index contributed by atoms with van der Waals surface area (Å²) in [4.78, 5) is 6.69. The van der Waals surface area contributed by atoms with Crippen molar-refractivity contribution >= 4 is 23.6 Å². The van der Waals surface area contributed by atoms with Gasteiger partial charge in [-0.3, -0.25) is 4.99 Å². The van der Waals surface area contributed by atoms with Crippen molar-refractivity contribution in [2.24, 2.45) is 10.7 Å². The number of hydrogen-bond acceptors (Lipinski definition) is 4. The molecule has 0 aromatic heterocycles. The number of nitrogens with zero attached hydrogens (tertiary/aromatic N) is 2. The first-order chi connectivity index (χ1) is 23.7. The Morgan fingerprint density at radius 1 is 0.735 bits per heavy atom. The van der Waals surface area contributed by atoms with Crippen molar-refractivity contribution in [1.82, 2.24) is 0 Å². The van der Waals surface area contributed by atoms with Crippen LogP contribution in [0.3, 0.4) is 0 Å². The van der Waals surface area contributed by atoms with Crippen LogP contribution in [0, 0.1) is 0 Å². The van der Waals surface area contributed by atoms with Gasteiger partial charge in [-0.15, -0.1) is 0 Å². The van der Waals surface area contributed by atoms with Crippen molar-refractivity contribution in [3.8, 4) is 11.5 Å². The predicted octanol–water partition coefficient (Wildman–Crippen LogP) is 13.0. The minimum Gasteiger partial charge on any atom is -0.456 e. The number of fused-ring (bicyclic) bond motifs is 2. The Labute approximate surface area is 306 Å². The molecular weight excluding hydrogens is 599 g/mol. The highest BCUT2D eigenvalue weighted by molar-refractivity contribution is 5.85. The van der Waals surface area contributed by atoms with E-state index in [0.717, 1.165) is 53.8 Å². The summed E-state index contributed by atoms with van der Waals surface area (Å²) in [6.07, 6.45) is 18.8. The monoisotopic (exact) mass is 680 g/mol. The average molecular weight is 680 g/mol. The number of allylic oxidation sites excluding steroid dienone is 2. The Morgan fingerprint density at radius 2 is 1.27 bits per heavy atom. The van der Waals surface area contributed by atoms with Crippen LogP contribution in [0.1, 0.15) is 160 Å². The van der Waals surface area contributed by atoms with Crippen molar-refractivity contribution < 1.29 is 4.74 Å². The topological polar surface area (TPSA) is 50.8 Å². The summed E-state index contributed by atoms with van der Waals surface area (Å²) in [6.45, 7) is 35.7. The zero-order valence-corrected chi connectivity index (χ0v) is 35.1. The fourth-order valence-corrected chi connectivity index (χ4v) is 4.18. The second kappa shape index (κ2) is 39.3. The quantitative estimate of drug-likeness (QED) is 0.254. The summed E-state index contributed by atoms with van der Waals surface area (Å²) in [5, 5.41) is 2.30. The number of ether oxygens (including phenoxy) is 1. The molecule has 0 radical (unpaired) electrons. The molecule has 0 fully saturated rings. The zero-order valence-electron chi connectivity index (χ0n) is 35.1. The SMILES string of the molecule is C=CC=N/C=C(\C)C1=c2cc/c(=C/CCC)cc2Oc2cc(N(CC)CC)ccc21.CCC.CCC.CCC.CCC.CCCCC.CN. The van der Waals surface area contributed by atoms with Gasteiger partial charge in [0.15, 0.2) is 0 Å². The second-order valence-electron chi connectivity index (χ2n) is 11.6. The Kier molecular flexibility index (Phi) is 42.3. The normalized spacial score (nSPS) is 10.9. The number of aliphatic imine (C=N–C) groups is 1. The van der Waals surface area contributed by atoms with Gasteiger partial charge in [-0.05, 0) is 63.2 Å². The highest BCUT2D eigenvalue weighted by atomic mass is 16.5. The molecule has 0 bridgehead atoms. The molecule has 1 heterocycles. The van der Waals surface area contributed by atoms with Gasteiger partial charge in [-0.25, -0.2) is 0 Å². The number of anilines is 1. The number of rotatable bonds is 10. The molecule has 4 heteroatoms. The van der Waals surface area contributed by atoms with Gasteiger partial charge in [0.25, 0.3) is 0 Å². The third kappa shape index (κ3) is 24.6. The van der Waals surface area contributed by atoms with E-state index in [2.05, 4.69) is 162 Å². The molecule has 1 aliphatic rings. The molecule has 3 rings (SSSR count). The van der Waals surface area contributed by atoms with E-state index in [1.54, 1.807) is 12.3 Å². The number of nitrogens with two attached hydrogens (primary N) is 1. The molecule has 282 valence electrons. The third-order valence-electron chi connectivity index (χ3n) is 6.09. The van der Waals surface area contributed by atoms with Crippen LogP contribution in [0.25, 0.3) is 11.6 Å². The molecule has 0 unspecified atom stereocenters. The maximum absolute atomic E-state index is 6.43. The molecule has 2 aromatic rings. The van der Waals surface area contributed by atoms with Crippen LogP contribution in [0.4, 0.5) is 5.69 Å². The average Bonchev–Trinajstić information content (AvgIpc) is 3.09. The minimum atomic E-state index is 0.898. The molecule has 2 N–H and O–H groups in total. The molecule has 4 nitrogen and oxygen atoms in total. The molecule has 2 aromatic carbocycles. The fourth-order valence-electron chi connectivity index (χ4n) is 4.18. The summed E-state index contributed by atoms with van der Waals surface area (Å²) < 4.78 is 6.43. The van der Waals surface area contributed by atoms with Gasteiger partial charge in [0.2, 0.25) is 0 Å². The lowest BCUT2D eigenvalue weighted by Gasteiger charge is -2.25. The van der Waals surface area contributed by atoms with E-state index in [1.807, 2.05) is 6.20 Å². The van der Waals surface area contributed by atoms with Crippen molar-refractivity contribution in [2.45, 2.75) is 155 Å². The highest BCUT2D eigenvalue weighted by Gasteiger charge is 2.21. The fraction of sp³-hybridized carbons (Fsp3) is 0.578. The predicted molar refractivity (Wildman–Crippen MR) is 229 cm³/mol. The van der Waals surface area contributed by atoms with Crippen LogP contribution in [-0.4, -0.2) is 26.4 Å². The van der Waals surface area contributed by atoms with Crippen LogP contribution in [-0.2, 0) is 0 Å². The summed E-state index contributed by atoms with van der Waals surface area (Å²) in [7, 11) is 1.50. The van der Waals surface area contributed by atoms with Gasteiger partial charge in [-0.1, -0.05) is 158 Å². The molecule has 49 heavy (non-hydrogen) atoms. The van der Waals surface area contributed by atoms with Crippen LogP contribution >= 0.6 is 0 Å². The minimum absolute atomic E-state index is 0.898. The van der Waals surface area contributed by atoms with Crippen molar-refractivity contribution in [2.75, 3.05) is 25.0 Å². The maximum Gasteiger partial charge on any atom is 0.137 e. The van der Waals surface area contributed by atoms with E-state index in [1.165, 1.54) is 68.5 Å². The van der Waals surface area contributed by atoms with E-state index in [9.17, 15) is 0 Å². The van der Waals surface area contributed by atoms with Gasteiger partial charge < -0.3 is 15.4 Å². The van der Waals surface area contributed by atoms with Crippen molar-refractivity contribution in [1.29, 1.82) is 0 Å². The van der Waals surface area contributed by atoms with Gasteiger partial charge >= 0.3 is 0 Å². The third-order valence-corrected chi connectivity index (χ3v) is 6.09. The van der Waals surface area contributed by atoms with Gasteiger partial charge in [0, 0.05) is 53.6 Å².